The zero-order valence-corrected chi connectivity index (χ0v) is 22.0. The van der Waals surface area contributed by atoms with Crippen LogP contribution in [0.1, 0.15) is 44.1 Å². The summed E-state index contributed by atoms with van der Waals surface area (Å²) in [6, 6.07) is 6.63. The maximum Gasteiger partial charge on any atom is 0.409 e. The second kappa shape index (κ2) is 12.8. The smallest absolute Gasteiger partial charge is 0.409 e. The van der Waals surface area contributed by atoms with E-state index in [1.165, 1.54) is 29.7 Å². The van der Waals surface area contributed by atoms with Gasteiger partial charge in [0.2, 0.25) is 17.7 Å². The lowest BCUT2D eigenvalue weighted by Crippen LogP contribution is -2.56. The number of amides is 5. The van der Waals surface area contributed by atoms with E-state index in [-0.39, 0.29) is 51.3 Å². The van der Waals surface area contributed by atoms with Gasteiger partial charge in [0.1, 0.15) is 11.7 Å². The normalized spacial score (nSPS) is 13.9. The Balaban J connectivity index is 1.79. The van der Waals surface area contributed by atoms with Crippen LogP contribution in [0.3, 0.4) is 0 Å². The topological polar surface area (TPSA) is 167 Å². The van der Waals surface area contributed by atoms with E-state index in [1.807, 2.05) is 0 Å². The van der Waals surface area contributed by atoms with Gasteiger partial charge in [-0.25, -0.2) is 9.78 Å². The number of carbonyl (C=O) groups is 6. The van der Waals surface area contributed by atoms with Crippen molar-refractivity contribution in [3.8, 4) is 0 Å². The fourth-order valence-electron chi connectivity index (χ4n) is 4.32. The number of imide groups is 1. The molecule has 1 aromatic carbocycles. The van der Waals surface area contributed by atoms with Crippen LogP contribution in [-0.4, -0.2) is 94.4 Å². The first-order valence-electron chi connectivity index (χ1n) is 12.5. The van der Waals surface area contributed by atoms with Gasteiger partial charge in [-0.05, 0) is 37.6 Å². The molecule has 2 N–H and O–H groups in total. The summed E-state index contributed by atoms with van der Waals surface area (Å²) >= 11 is 0. The quantitative estimate of drug-likeness (QED) is 0.502. The van der Waals surface area contributed by atoms with Crippen LogP contribution in [0.4, 0.5) is 10.5 Å². The fraction of sp³-hybridized carbons (Fsp3) is 0.423. The number of carbonyl (C=O) groups excluding carboxylic acids is 5. The first-order valence-corrected chi connectivity index (χ1v) is 12.5. The molecule has 0 saturated carbocycles. The Morgan fingerprint density at radius 2 is 1.64 bits per heavy atom. The molecule has 5 amide bonds. The van der Waals surface area contributed by atoms with Gasteiger partial charge >= 0.3 is 12.1 Å². The number of hydrogen-bond acceptors (Lipinski definition) is 8. The third-order valence-electron chi connectivity index (χ3n) is 6.18. The summed E-state index contributed by atoms with van der Waals surface area (Å²) in [4.78, 5) is 81.8. The SMILES string of the molecule is CCOC(=O)N1CCN(C(=O)C(CCC(=O)O)NC(=O)c2ccc3c(N(C(C)=O)C(C)=O)cccc3n2)CC1. The van der Waals surface area contributed by atoms with Crippen molar-refractivity contribution in [2.24, 2.45) is 0 Å². The van der Waals surface area contributed by atoms with Gasteiger partial charge < -0.3 is 25.0 Å². The van der Waals surface area contributed by atoms with E-state index in [9.17, 15) is 28.8 Å². The minimum atomic E-state index is -1.13. The number of aliphatic carboxylic acids is 1. The van der Waals surface area contributed by atoms with E-state index in [0.717, 1.165) is 4.90 Å². The number of fused-ring (bicyclic) bond motifs is 1. The molecule has 1 unspecified atom stereocenters. The van der Waals surface area contributed by atoms with E-state index in [2.05, 4.69) is 10.3 Å². The third-order valence-corrected chi connectivity index (χ3v) is 6.18. The number of ether oxygens (including phenoxy) is 1. The van der Waals surface area contributed by atoms with Crippen molar-refractivity contribution < 1.29 is 38.6 Å². The van der Waals surface area contributed by atoms with Crippen LogP contribution in [0, 0.1) is 0 Å². The highest BCUT2D eigenvalue weighted by Crippen LogP contribution is 2.26. The number of hydrogen-bond donors (Lipinski definition) is 2. The van der Waals surface area contributed by atoms with Gasteiger partial charge in [0, 0.05) is 51.8 Å². The molecule has 2 heterocycles. The lowest BCUT2D eigenvalue weighted by atomic mass is 10.1. The standard InChI is InChI=1S/C26H31N5O8/c1-4-39-26(38)30-14-12-29(13-15-30)25(37)21(10-11-23(34)35)28-24(36)20-9-8-18-19(27-20)6-5-7-22(18)31(16(2)32)17(3)33/h5-9,21H,4,10-15H2,1-3H3,(H,28,36)(H,34,35). The number of aromatic nitrogens is 1. The Morgan fingerprint density at radius 3 is 2.23 bits per heavy atom. The molecular weight excluding hydrogens is 510 g/mol. The predicted octanol–water partition coefficient (Wildman–Crippen LogP) is 1.40. The van der Waals surface area contributed by atoms with Gasteiger partial charge in [0.15, 0.2) is 0 Å². The van der Waals surface area contributed by atoms with Crippen molar-refractivity contribution in [2.45, 2.75) is 39.7 Å². The number of anilines is 1. The number of rotatable bonds is 8. The monoisotopic (exact) mass is 541 g/mol. The number of benzene rings is 1. The molecule has 3 rings (SSSR count). The van der Waals surface area contributed by atoms with E-state index in [0.29, 0.717) is 16.6 Å². The van der Waals surface area contributed by atoms with E-state index in [4.69, 9.17) is 9.84 Å². The first-order chi connectivity index (χ1) is 18.5. The molecule has 0 spiro atoms. The molecular formula is C26H31N5O8. The van der Waals surface area contributed by atoms with Crippen molar-refractivity contribution in [1.82, 2.24) is 20.1 Å². The molecule has 39 heavy (non-hydrogen) atoms. The van der Waals surface area contributed by atoms with Gasteiger partial charge in [0.05, 0.1) is 17.8 Å². The van der Waals surface area contributed by atoms with Crippen molar-refractivity contribution in [3.05, 3.63) is 36.0 Å². The van der Waals surface area contributed by atoms with Crippen molar-refractivity contribution >= 4 is 52.3 Å². The highest BCUT2D eigenvalue weighted by Gasteiger charge is 2.31. The summed E-state index contributed by atoms with van der Waals surface area (Å²) in [5, 5.41) is 12.2. The lowest BCUT2D eigenvalue weighted by molar-refractivity contribution is -0.138. The largest absolute Gasteiger partial charge is 0.481 e. The maximum absolute atomic E-state index is 13.2. The molecule has 0 bridgehead atoms. The molecule has 1 aromatic heterocycles. The third kappa shape index (κ3) is 7.06. The Labute approximate surface area is 224 Å². The number of nitrogens with zero attached hydrogens (tertiary/aromatic N) is 4. The van der Waals surface area contributed by atoms with E-state index < -0.39 is 41.7 Å². The molecule has 13 heteroatoms. The van der Waals surface area contributed by atoms with Crippen LogP contribution in [-0.2, 0) is 23.9 Å². The Kier molecular flexibility index (Phi) is 9.52. The first kappa shape index (κ1) is 29.0. The zero-order valence-electron chi connectivity index (χ0n) is 22.0. The summed E-state index contributed by atoms with van der Waals surface area (Å²) < 4.78 is 4.98. The second-order valence-electron chi connectivity index (χ2n) is 8.88. The van der Waals surface area contributed by atoms with E-state index >= 15 is 0 Å². The molecule has 1 saturated heterocycles. The van der Waals surface area contributed by atoms with Crippen molar-refractivity contribution in [1.29, 1.82) is 0 Å². The van der Waals surface area contributed by atoms with Crippen LogP contribution in [0.5, 0.6) is 0 Å². The zero-order chi connectivity index (χ0) is 28.7. The second-order valence-corrected chi connectivity index (χ2v) is 8.88. The fourth-order valence-corrected chi connectivity index (χ4v) is 4.32. The Hall–Kier alpha value is -4.55. The Morgan fingerprint density at radius 1 is 1.00 bits per heavy atom. The van der Waals surface area contributed by atoms with Gasteiger partial charge in [-0.15, -0.1) is 0 Å². The minimum Gasteiger partial charge on any atom is -0.481 e. The van der Waals surface area contributed by atoms with Gasteiger partial charge in [-0.3, -0.25) is 28.9 Å². The van der Waals surface area contributed by atoms with Gasteiger partial charge in [-0.1, -0.05) is 6.07 Å². The van der Waals surface area contributed by atoms with Crippen LogP contribution < -0.4 is 10.2 Å². The number of nitrogens with one attached hydrogen (secondary N) is 1. The number of carboxylic acid groups (broad SMARTS) is 1. The molecule has 208 valence electrons. The Bertz CT molecular complexity index is 1270. The van der Waals surface area contributed by atoms with Crippen LogP contribution in [0.25, 0.3) is 10.9 Å². The van der Waals surface area contributed by atoms with Gasteiger partial charge in [0.25, 0.3) is 5.91 Å². The molecule has 13 nitrogen and oxygen atoms in total. The maximum atomic E-state index is 13.2. The van der Waals surface area contributed by atoms with E-state index in [1.54, 1.807) is 31.2 Å². The lowest BCUT2D eigenvalue weighted by Gasteiger charge is -2.35. The summed E-state index contributed by atoms with van der Waals surface area (Å²) in [6.45, 7) is 5.36. The average molecular weight is 542 g/mol. The van der Waals surface area contributed by atoms with Crippen LogP contribution in [0.15, 0.2) is 30.3 Å². The highest BCUT2D eigenvalue weighted by molar-refractivity contribution is 6.17. The summed E-state index contributed by atoms with van der Waals surface area (Å²) in [7, 11) is 0. The molecule has 0 aliphatic carbocycles. The van der Waals surface area contributed by atoms with Crippen molar-refractivity contribution in [3.63, 3.8) is 0 Å². The average Bonchev–Trinajstić information content (AvgIpc) is 2.90. The molecule has 1 fully saturated rings. The molecule has 2 aromatic rings. The number of pyridine rings is 1. The number of piperazine rings is 1. The molecule has 1 aliphatic heterocycles. The predicted molar refractivity (Wildman–Crippen MR) is 139 cm³/mol. The summed E-state index contributed by atoms with van der Waals surface area (Å²) in [5.41, 5.74) is 0.636. The minimum absolute atomic E-state index is 0.0305. The summed E-state index contributed by atoms with van der Waals surface area (Å²) in [6.07, 6.45) is -0.956. The van der Waals surface area contributed by atoms with Crippen molar-refractivity contribution in [2.75, 3.05) is 37.7 Å². The highest BCUT2D eigenvalue weighted by atomic mass is 16.6. The molecule has 0 radical (unpaired) electrons. The van der Waals surface area contributed by atoms with Crippen LogP contribution >= 0.6 is 0 Å². The summed E-state index contributed by atoms with van der Waals surface area (Å²) in [5.74, 6) is -3.22. The number of carboxylic acids is 1. The van der Waals surface area contributed by atoms with Gasteiger partial charge in [-0.2, -0.15) is 0 Å². The van der Waals surface area contributed by atoms with Crippen LogP contribution in [0.2, 0.25) is 0 Å². The molecule has 1 atom stereocenters. The molecule has 1 aliphatic rings.